The molecule has 0 spiro atoms. The SMILES string of the molecule is CC.CCOC.Cc1c(C=O)sc2c1c(=O)n(CC(=O)OC(C)(C)C)c(=O)n2CC(O)c1ccccc1. The van der Waals surface area contributed by atoms with Crippen molar-refractivity contribution in [3.8, 4) is 0 Å². The van der Waals surface area contributed by atoms with Gasteiger partial charge in [0, 0.05) is 13.7 Å². The van der Waals surface area contributed by atoms with Crippen molar-refractivity contribution in [3.05, 3.63) is 67.2 Å². The Bertz CT molecular complexity index is 1280. The lowest BCUT2D eigenvalue weighted by atomic mass is 10.1. The number of thiophene rings is 1. The molecular weight excluding hydrogens is 496 g/mol. The molecule has 0 saturated heterocycles. The second-order valence-corrected chi connectivity index (χ2v) is 9.79. The fourth-order valence-electron chi connectivity index (χ4n) is 3.28. The summed E-state index contributed by atoms with van der Waals surface area (Å²) in [5.41, 5.74) is -1.18. The Morgan fingerprint density at radius 2 is 1.70 bits per heavy atom. The minimum atomic E-state index is -1.03. The molecule has 0 bridgehead atoms. The molecule has 204 valence electrons. The Kier molecular flexibility index (Phi) is 12.6. The molecule has 0 aliphatic carbocycles. The number of benzene rings is 1. The van der Waals surface area contributed by atoms with E-state index in [0.29, 0.717) is 22.3 Å². The van der Waals surface area contributed by atoms with Gasteiger partial charge >= 0.3 is 11.7 Å². The van der Waals surface area contributed by atoms with E-state index < -0.39 is 35.5 Å². The monoisotopic (exact) mass is 534 g/mol. The normalized spacial score (nSPS) is 11.6. The maximum Gasteiger partial charge on any atom is 0.332 e. The van der Waals surface area contributed by atoms with Crippen molar-refractivity contribution in [2.75, 3.05) is 13.7 Å². The highest BCUT2D eigenvalue weighted by Gasteiger charge is 2.24. The molecule has 2 aromatic heterocycles. The second kappa shape index (κ2) is 14.6. The molecule has 0 fully saturated rings. The maximum absolute atomic E-state index is 13.2. The fourth-order valence-corrected chi connectivity index (χ4v) is 4.40. The lowest BCUT2D eigenvalue weighted by Crippen LogP contribution is -2.43. The van der Waals surface area contributed by atoms with Crippen LogP contribution in [0.15, 0.2) is 39.9 Å². The van der Waals surface area contributed by atoms with Crippen LogP contribution in [-0.2, 0) is 27.4 Å². The van der Waals surface area contributed by atoms with Gasteiger partial charge in [0.05, 0.1) is 22.9 Å². The topological polar surface area (TPSA) is 117 Å². The van der Waals surface area contributed by atoms with Crippen molar-refractivity contribution >= 4 is 33.8 Å². The van der Waals surface area contributed by atoms with Crippen LogP contribution in [0.25, 0.3) is 10.2 Å². The molecule has 1 aromatic carbocycles. The third kappa shape index (κ3) is 8.48. The molecule has 0 radical (unpaired) electrons. The van der Waals surface area contributed by atoms with E-state index in [-0.39, 0.29) is 16.8 Å². The molecule has 3 aromatic rings. The van der Waals surface area contributed by atoms with Gasteiger partial charge in [-0.3, -0.25) is 19.0 Å². The number of aliphatic hydroxyl groups excluding tert-OH is 1. The van der Waals surface area contributed by atoms with Crippen LogP contribution in [0.5, 0.6) is 0 Å². The molecule has 0 aliphatic heterocycles. The van der Waals surface area contributed by atoms with Gasteiger partial charge in [0.1, 0.15) is 17.0 Å². The second-order valence-electron chi connectivity index (χ2n) is 8.76. The van der Waals surface area contributed by atoms with E-state index in [1.807, 2.05) is 20.8 Å². The van der Waals surface area contributed by atoms with Gasteiger partial charge in [0.2, 0.25) is 0 Å². The average molecular weight is 535 g/mol. The largest absolute Gasteiger partial charge is 0.459 e. The van der Waals surface area contributed by atoms with Crippen molar-refractivity contribution in [1.29, 1.82) is 0 Å². The van der Waals surface area contributed by atoms with Gasteiger partial charge in [-0.25, -0.2) is 9.36 Å². The highest BCUT2D eigenvalue weighted by Crippen LogP contribution is 2.27. The molecule has 1 atom stereocenters. The van der Waals surface area contributed by atoms with E-state index in [1.165, 1.54) is 4.57 Å². The predicted molar refractivity (Wildman–Crippen MR) is 147 cm³/mol. The number of aldehydes is 1. The number of carbonyl (C=O) groups excluding carboxylic acids is 2. The van der Waals surface area contributed by atoms with Crippen LogP contribution in [0.3, 0.4) is 0 Å². The van der Waals surface area contributed by atoms with Crippen molar-refractivity contribution in [2.24, 2.45) is 0 Å². The van der Waals surface area contributed by atoms with E-state index in [9.17, 15) is 24.3 Å². The molecular formula is C27H38N2O7S. The summed E-state index contributed by atoms with van der Waals surface area (Å²) in [6.45, 7) is 12.7. The molecule has 10 heteroatoms. The smallest absolute Gasteiger partial charge is 0.332 e. The zero-order chi connectivity index (χ0) is 28.3. The molecule has 37 heavy (non-hydrogen) atoms. The van der Waals surface area contributed by atoms with Gasteiger partial charge in [0.15, 0.2) is 6.29 Å². The minimum Gasteiger partial charge on any atom is -0.459 e. The molecule has 0 aliphatic rings. The molecule has 3 rings (SSSR count). The van der Waals surface area contributed by atoms with Crippen molar-refractivity contribution < 1.29 is 24.2 Å². The van der Waals surface area contributed by atoms with Crippen LogP contribution in [0.4, 0.5) is 0 Å². The van der Waals surface area contributed by atoms with Gasteiger partial charge in [-0.15, -0.1) is 11.3 Å². The van der Waals surface area contributed by atoms with E-state index >= 15 is 0 Å². The third-order valence-electron chi connectivity index (χ3n) is 4.97. The summed E-state index contributed by atoms with van der Waals surface area (Å²) in [5, 5.41) is 10.9. The quantitative estimate of drug-likeness (QED) is 0.358. The first-order valence-corrected chi connectivity index (χ1v) is 12.9. The van der Waals surface area contributed by atoms with Crippen molar-refractivity contribution in [3.63, 3.8) is 0 Å². The molecule has 1 unspecified atom stereocenters. The van der Waals surface area contributed by atoms with Gasteiger partial charge < -0.3 is 14.6 Å². The van der Waals surface area contributed by atoms with Crippen LogP contribution in [0.1, 0.15) is 68.4 Å². The van der Waals surface area contributed by atoms with Crippen LogP contribution in [0.2, 0.25) is 0 Å². The zero-order valence-electron chi connectivity index (χ0n) is 22.9. The van der Waals surface area contributed by atoms with Gasteiger partial charge in [-0.05, 0) is 45.7 Å². The molecule has 9 nitrogen and oxygen atoms in total. The Morgan fingerprint density at radius 1 is 1.14 bits per heavy atom. The summed E-state index contributed by atoms with van der Waals surface area (Å²) in [6.07, 6.45) is -0.406. The number of nitrogens with zero attached hydrogens (tertiary/aromatic N) is 2. The average Bonchev–Trinajstić information content (AvgIpc) is 3.21. The summed E-state index contributed by atoms with van der Waals surface area (Å²) < 4.78 is 11.8. The van der Waals surface area contributed by atoms with Crippen LogP contribution in [0, 0.1) is 6.92 Å². The first-order chi connectivity index (χ1) is 17.4. The molecule has 2 heterocycles. The van der Waals surface area contributed by atoms with E-state index in [0.717, 1.165) is 22.5 Å². The van der Waals surface area contributed by atoms with E-state index in [4.69, 9.17) is 4.74 Å². The van der Waals surface area contributed by atoms with E-state index in [1.54, 1.807) is 65.1 Å². The summed E-state index contributed by atoms with van der Waals surface area (Å²) in [5.74, 6) is -0.732. The Labute approximate surface area is 221 Å². The summed E-state index contributed by atoms with van der Waals surface area (Å²) in [7, 11) is 1.68. The number of fused-ring (bicyclic) bond motifs is 1. The lowest BCUT2D eigenvalue weighted by molar-refractivity contribution is -0.155. The van der Waals surface area contributed by atoms with E-state index in [2.05, 4.69) is 4.74 Å². The van der Waals surface area contributed by atoms with Gasteiger partial charge in [0.25, 0.3) is 5.56 Å². The number of aryl methyl sites for hydroxylation is 1. The van der Waals surface area contributed by atoms with Gasteiger partial charge in [-0.1, -0.05) is 44.2 Å². The molecule has 0 amide bonds. The van der Waals surface area contributed by atoms with Crippen LogP contribution < -0.4 is 11.2 Å². The zero-order valence-corrected chi connectivity index (χ0v) is 23.7. The van der Waals surface area contributed by atoms with Crippen molar-refractivity contribution in [2.45, 2.75) is 73.3 Å². The third-order valence-corrected chi connectivity index (χ3v) is 6.21. The first kappa shape index (κ1) is 31.9. The highest BCUT2D eigenvalue weighted by atomic mass is 32.1. The molecule has 1 N–H and O–H groups in total. The Morgan fingerprint density at radius 3 is 2.19 bits per heavy atom. The van der Waals surface area contributed by atoms with Crippen LogP contribution >= 0.6 is 11.3 Å². The highest BCUT2D eigenvalue weighted by molar-refractivity contribution is 7.20. The minimum absolute atomic E-state index is 0.147. The molecule has 0 saturated carbocycles. The number of methoxy groups -OCH3 is 1. The van der Waals surface area contributed by atoms with Crippen LogP contribution in [-0.4, -0.2) is 45.8 Å². The first-order valence-electron chi connectivity index (χ1n) is 12.1. The van der Waals surface area contributed by atoms with Gasteiger partial charge in [-0.2, -0.15) is 0 Å². The number of carbonyl (C=O) groups is 2. The number of esters is 1. The number of aromatic nitrogens is 2. The standard InChI is InChI=1S/C22H24N2O6S.C3H8O.C2H6/c1-13-16(12-25)31-20-18(13)19(28)23(11-17(27)30-22(2,3)4)21(29)24(20)10-15(26)14-8-6-5-7-9-14;1-3-4-2;1-2/h5-9,12,15,26H,10-11H2,1-4H3;3H2,1-2H3;1-2H3. The summed E-state index contributed by atoms with van der Waals surface area (Å²) in [4.78, 5) is 50.7. The number of hydrogen-bond donors (Lipinski definition) is 1. The predicted octanol–water partition coefficient (Wildman–Crippen LogP) is 4.10. The fraction of sp³-hybridized carbons (Fsp3) is 0.481. The van der Waals surface area contributed by atoms with Crippen molar-refractivity contribution in [1.82, 2.24) is 9.13 Å². The maximum atomic E-state index is 13.2. The summed E-state index contributed by atoms with van der Waals surface area (Å²) in [6, 6.07) is 8.78. The summed E-state index contributed by atoms with van der Waals surface area (Å²) >= 11 is 1.01. The Hall–Kier alpha value is -3.08. The number of hydrogen-bond acceptors (Lipinski definition) is 8. The Balaban J connectivity index is 0.00000104. The lowest BCUT2D eigenvalue weighted by Gasteiger charge is -2.20. The number of aliphatic hydroxyl groups is 1. The number of ether oxygens (including phenoxy) is 2. The number of rotatable bonds is 7.